The van der Waals surface area contributed by atoms with Gasteiger partial charge in [0.15, 0.2) is 0 Å². The smallest absolute Gasteiger partial charge is 0.254 e. The number of nitrogens with zero attached hydrogens (tertiary/aromatic N) is 2. The lowest BCUT2D eigenvalue weighted by molar-refractivity contribution is 0.0226. The lowest BCUT2D eigenvalue weighted by atomic mass is 10.0. The number of aromatic hydroxyl groups is 2. The van der Waals surface area contributed by atoms with E-state index in [1.807, 2.05) is 0 Å². The lowest BCUT2D eigenvalue weighted by Crippen LogP contribution is -2.63. The molecule has 0 aromatic heterocycles. The molecule has 1 amide bonds. The molecule has 2 fully saturated rings. The quantitative estimate of drug-likeness (QED) is 0.699. The number of hydrogen-bond acceptors (Lipinski definition) is 5. The Labute approximate surface area is 117 Å². The SMILES string of the molecule is O=C(c1cc(O)cc(O)c1)N1CC(N2CCNCC2)C1. The second-order valence-electron chi connectivity index (χ2n) is 5.39. The fourth-order valence-corrected chi connectivity index (χ4v) is 2.80. The van der Waals surface area contributed by atoms with Crippen LogP contribution in [0.25, 0.3) is 0 Å². The van der Waals surface area contributed by atoms with Gasteiger partial charge in [-0.05, 0) is 12.1 Å². The van der Waals surface area contributed by atoms with Crippen molar-refractivity contribution in [3.63, 3.8) is 0 Å². The van der Waals surface area contributed by atoms with Crippen LogP contribution in [0.5, 0.6) is 11.5 Å². The van der Waals surface area contributed by atoms with Gasteiger partial charge < -0.3 is 20.4 Å². The summed E-state index contributed by atoms with van der Waals surface area (Å²) < 4.78 is 0. The Bertz CT molecular complexity index is 488. The highest BCUT2D eigenvalue weighted by atomic mass is 16.3. The van der Waals surface area contributed by atoms with Crippen LogP contribution in [0.1, 0.15) is 10.4 Å². The summed E-state index contributed by atoms with van der Waals surface area (Å²) in [6.07, 6.45) is 0. The Balaban J connectivity index is 1.60. The third-order valence-electron chi connectivity index (χ3n) is 3.97. The second-order valence-corrected chi connectivity index (χ2v) is 5.39. The van der Waals surface area contributed by atoms with Crippen molar-refractivity contribution in [2.45, 2.75) is 6.04 Å². The summed E-state index contributed by atoms with van der Waals surface area (Å²) in [6, 6.07) is 4.43. The third kappa shape index (κ3) is 2.57. The van der Waals surface area contributed by atoms with E-state index in [-0.39, 0.29) is 17.4 Å². The maximum atomic E-state index is 12.2. The number of nitrogens with one attached hydrogen (secondary N) is 1. The first kappa shape index (κ1) is 13.2. The van der Waals surface area contributed by atoms with Crippen molar-refractivity contribution >= 4 is 5.91 Å². The van der Waals surface area contributed by atoms with E-state index in [0.717, 1.165) is 39.3 Å². The first-order valence-corrected chi connectivity index (χ1v) is 6.90. The Kier molecular flexibility index (Phi) is 3.50. The maximum absolute atomic E-state index is 12.2. The van der Waals surface area contributed by atoms with Crippen LogP contribution in [0.15, 0.2) is 18.2 Å². The molecule has 2 aliphatic heterocycles. The van der Waals surface area contributed by atoms with Crippen molar-refractivity contribution in [3.05, 3.63) is 23.8 Å². The molecule has 20 heavy (non-hydrogen) atoms. The number of carbonyl (C=O) groups excluding carboxylic acids is 1. The molecule has 0 spiro atoms. The molecule has 0 atom stereocenters. The van der Waals surface area contributed by atoms with Crippen molar-refractivity contribution < 1.29 is 15.0 Å². The molecule has 2 aliphatic rings. The molecule has 0 aliphatic carbocycles. The molecule has 2 saturated heterocycles. The zero-order valence-corrected chi connectivity index (χ0v) is 11.2. The van der Waals surface area contributed by atoms with E-state index >= 15 is 0 Å². The second kappa shape index (κ2) is 5.30. The van der Waals surface area contributed by atoms with Gasteiger partial charge in [-0.2, -0.15) is 0 Å². The van der Waals surface area contributed by atoms with Crippen LogP contribution in [0.2, 0.25) is 0 Å². The number of phenols is 2. The molecule has 0 saturated carbocycles. The fraction of sp³-hybridized carbons (Fsp3) is 0.500. The van der Waals surface area contributed by atoms with Crippen molar-refractivity contribution in [1.82, 2.24) is 15.1 Å². The molecule has 0 bridgehead atoms. The standard InChI is InChI=1S/C14H19N3O3/c18-12-5-10(6-13(19)7-12)14(20)17-8-11(9-17)16-3-1-15-2-4-16/h5-7,11,15,18-19H,1-4,8-9H2. The van der Waals surface area contributed by atoms with Crippen LogP contribution >= 0.6 is 0 Å². The molecular weight excluding hydrogens is 258 g/mol. The number of hydrogen-bond donors (Lipinski definition) is 3. The number of amides is 1. The molecule has 1 aromatic rings. The molecule has 3 N–H and O–H groups in total. The van der Waals surface area contributed by atoms with Gasteiger partial charge in [-0.25, -0.2) is 0 Å². The highest BCUT2D eigenvalue weighted by Gasteiger charge is 2.35. The fourth-order valence-electron chi connectivity index (χ4n) is 2.80. The van der Waals surface area contributed by atoms with Crippen LogP contribution in [0.3, 0.4) is 0 Å². The monoisotopic (exact) mass is 277 g/mol. The van der Waals surface area contributed by atoms with E-state index < -0.39 is 0 Å². The number of carbonyl (C=O) groups is 1. The number of piperazine rings is 1. The summed E-state index contributed by atoms with van der Waals surface area (Å²) in [4.78, 5) is 16.4. The molecular formula is C14H19N3O3. The van der Waals surface area contributed by atoms with E-state index in [1.54, 1.807) is 4.90 Å². The van der Waals surface area contributed by atoms with Gasteiger partial charge in [0.2, 0.25) is 0 Å². The Hall–Kier alpha value is -1.79. The molecule has 2 heterocycles. The first-order chi connectivity index (χ1) is 9.63. The zero-order valence-electron chi connectivity index (χ0n) is 11.2. The summed E-state index contributed by atoms with van der Waals surface area (Å²) in [7, 11) is 0. The summed E-state index contributed by atoms with van der Waals surface area (Å²) in [6.45, 7) is 5.50. The van der Waals surface area contributed by atoms with E-state index in [0.29, 0.717) is 11.6 Å². The van der Waals surface area contributed by atoms with E-state index in [2.05, 4.69) is 10.2 Å². The normalized spacial score (nSPS) is 20.7. The van der Waals surface area contributed by atoms with Gasteiger partial charge in [0.05, 0.1) is 0 Å². The van der Waals surface area contributed by atoms with Gasteiger partial charge in [0.1, 0.15) is 11.5 Å². The predicted molar refractivity (Wildman–Crippen MR) is 73.9 cm³/mol. The summed E-state index contributed by atoms with van der Waals surface area (Å²) in [5.41, 5.74) is 0.335. The van der Waals surface area contributed by atoms with Gasteiger partial charge in [-0.1, -0.05) is 0 Å². The number of benzene rings is 1. The van der Waals surface area contributed by atoms with Crippen molar-refractivity contribution in [2.75, 3.05) is 39.3 Å². The van der Waals surface area contributed by atoms with Crippen molar-refractivity contribution in [1.29, 1.82) is 0 Å². The van der Waals surface area contributed by atoms with E-state index in [1.165, 1.54) is 18.2 Å². The lowest BCUT2D eigenvalue weighted by Gasteiger charge is -2.46. The summed E-state index contributed by atoms with van der Waals surface area (Å²) in [5, 5.41) is 22.2. The summed E-state index contributed by atoms with van der Waals surface area (Å²) >= 11 is 0. The van der Waals surface area contributed by atoms with E-state index in [4.69, 9.17) is 0 Å². The van der Waals surface area contributed by atoms with Gasteiger partial charge in [0.25, 0.3) is 5.91 Å². The van der Waals surface area contributed by atoms with Crippen molar-refractivity contribution in [2.24, 2.45) is 0 Å². The van der Waals surface area contributed by atoms with Gasteiger partial charge in [-0.15, -0.1) is 0 Å². The largest absolute Gasteiger partial charge is 0.508 e. The van der Waals surface area contributed by atoms with Gasteiger partial charge in [-0.3, -0.25) is 9.69 Å². The summed E-state index contributed by atoms with van der Waals surface area (Å²) in [5.74, 6) is -0.317. The highest BCUT2D eigenvalue weighted by Crippen LogP contribution is 2.24. The van der Waals surface area contributed by atoms with Crippen LogP contribution in [0, 0.1) is 0 Å². The molecule has 0 unspecified atom stereocenters. The molecule has 0 radical (unpaired) electrons. The molecule has 3 rings (SSSR count). The van der Waals surface area contributed by atoms with Crippen LogP contribution in [-0.2, 0) is 0 Å². The molecule has 108 valence electrons. The zero-order chi connectivity index (χ0) is 14.1. The third-order valence-corrected chi connectivity index (χ3v) is 3.97. The highest BCUT2D eigenvalue weighted by molar-refractivity contribution is 5.95. The van der Waals surface area contributed by atoms with Crippen LogP contribution < -0.4 is 5.32 Å². The van der Waals surface area contributed by atoms with Crippen LogP contribution in [-0.4, -0.2) is 71.2 Å². The number of rotatable bonds is 2. The Morgan fingerprint density at radius 1 is 1.10 bits per heavy atom. The number of phenolic OH excluding ortho intramolecular Hbond substituents is 2. The Morgan fingerprint density at radius 3 is 2.30 bits per heavy atom. The van der Waals surface area contributed by atoms with Gasteiger partial charge >= 0.3 is 0 Å². The minimum absolute atomic E-state index is 0.0903. The van der Waals surface area contributed by atoms with Gasteiger partial charge in [0, 0.05) is 56.9 Å². The minimum atomic E-state index is -0.136. The van der Waals surface area contributed by atoms with Crippen molar-refractivity contribution in [3.8, 4) is 11.5 Å². The average Bonchev–Trinajstić information content (AvgIpc) is 2.37. The number of likely N-dealkylation sites (tertiary alicyclic amines) is 1. The Morgan fingerprint density at radius 2 is 1.70 bits per heavy atom. The minimum Gasteiger partial charge on any atom is -0.508 e. The van der Waals surface area contributed by atoms with Crippen LogP contribution in [0.4, 0.5) is 0 Å². The average molecular weight is 277 g/mol. The first-order valence-electron chi connectivity index (χ1n) is 6.90. The van der Waals surface area contributed by atoms with E-state index in [9.17, 15) is 15.0 Å². The molecule has 1 aromatic carbocycles. The molecule has 6 heteroatoms. The topological polar surface area (TPSA) is 76.0 Å². The molecule has 6 nitrogen and oxygen atoms in total. The maximum Gasteiger partial charge on any atom is 0.254 e. The predicted octanol–water partition coefficient (Wildman–Crippen LogP) is -0.173.